The average Bonchev–Trinajstić information content (AvgIpc) is 3.27. The third-order valence-electron chi connectivity index (χ3n) is 4.75. The summed E-state index contributed by atoms with van der Waals surface area (Å²) in [4.78, 5) is 28.9. The minimum atomic E-state index is -0.471. The van der Waals surface area contributed by atoms with E-state index in [1.165, 1.54) is 35.6 Å². The highest BCUT2D eigenvalue weighted by molar-refractivity contribution is 7.17. The average molecular weight is 424 g/mol. The smallest absolute Gasteiger partial charge is 0.269 e. The number of nitro groups is 1. The zero-order valence-corrected chi connectivity index (χ0v) is 16.8. The number of carbonyl (C=O) groups excluding carboxylic acids is 1. The number of hydrogen-bond donors (Lipinski definition) is 1. The van der Waals surface area contributed by atoms with Gasteiger partial charge in [-0.25, -0.2) is 9.37 Å². The molecule has 2 aromatic carbocycles. The first-order chi connectivity index (χ1) is 14.4. The molecule has 0 spiro atoms. The maximum atomic E-state index is 13.1. The van der Waals surface area contributed by atoms with Gasteiger partial charge in [0.25, 0.3) is 5.69 Å². The van der Waals surface area contributed by atoms with Gasteiger partial charge in [0.1, 0.15) is 5.82 Å². The SMILES string of the molecule is Cc1c(CNC(=O)Cc2ccc([N+](=O)[O-])cc2)sc2nc(-c3ccc(F)cc3)cn12. The molecule has 4 aromatic rings. The van der Waals surface area contributed by atoms with Gasteiger partial charge < -0.3 is 5.32 Å². The van der Waals surface area contributed by atoms with Crippen LogP contribution in [0.25, 0.3) is 16.2 Å². The number of non-ortho nitro benzene ring substituents is 1. The summed E-state index contributed by atoms with van der Waals surface area (Å²) in [6.45, 7) is 2.33. The Morgan fingerprint density at radius 1 is 1.20 bits per heavy atom. The second-order valence-electron chi connectivity index (χ2n) is 6.77. The van der Waals surface area contributed by atoms with E-state index in [4.69, 9.17) is 0 Å². The molecule has 0 aliphatic rings. The van der Waals surface area contributed by atoms with Crippen molar-refractivity contribution in [1.29, 1.82) is 0 Å². The largest absolute Gasteiger partial charge is 0.351 e. The van der Waals surface area contributed by atoms with Crippen molar-refractivity contribution in [3.05, 3.63) is 86.8 Å². The number of amides is 1. The van der Waals surface area contributed by atoms with E-state index in [2.05, 4.69) is 10.3 Å². The quantitative estimate of drug-likeness (QED) is 0.370. The monoisotopic (exact) mass is 424 g/mol. The van der Waals surface area contributed by atoms with Gasteiger partial charge in [0.2, 0.25) is 5.91 Å². The van der Waals surface area contributed by atoms with Crippen molar-refractivity contribution >= 4 is 27.9 Å². The maximum Gasteiger partial charge on any atom is 0.269 e. The summed E-state index contributed by atoms with van der Waals surface area (Å²) in [5, 5.41) is 13.6. The number of carbonyl (C=O) groups is 1. The highest BCUT2D eigenvalue weighted by Gasteiger charge is 2.14. The number of halogens is 1. The Hall–Kier alpha value is -3.59. The van der Waals surface area contributed by atoms with Crippen LogP contribution in [0, 0.1) is 22.9 Å². The number of nitrogens with zero attached hydrogens (tertiary/aromatic N) is 3. The summed E-state index contributed by atoms with van der Waals surface area (Å²) in [6.07, 6.45) is 2.05. The molecule has 0 bridgehead atoms. The second-order valence-corrected chi connectivity index (χ2v) is 7.84. The Labute approximate surface area is 175 Å². The van der Waals surface area contributed by atoms with E-state index >= 15 is 0 Å². The first-order valence-corrected chi connectivity index (χ1v) is 9.95. The van der Waals surface area contributed by atoms with Crippen LogP contribution in [-0.4, -0.2) is 20.2 Å². The van der Waals surface area contributed by atoms with Crippen LogP contribution in [0.2, 0.25) is 0 Å². The second kappa shape index (κ2) is 8.03. The Morgan fingerprint density at radius 3 is 2.53 bits per heavy atom. The molecule has 2 aromatic heterocycles. The highest BCUT2D eigenvalue weighted by Crippen LogP contribution is 2.27. The van der Waals surface area contributed by atoms with Gasteiger partial charge in [0.05, 0.1) is 23.6 Å². The number of nitrogens with one attached hydrogen (secondary N) is 1. The third kappa shape index (κ3) is 4.06. The molecule has 152 valence electrons. The number of rotatable bonds is 6. The fourth-order valence-corrected chi connectivity index (χ4v) is 4.12. The van der Waals surface area contributed by atoms with Crippen LogP contribution in [0.3, 0.4) is 0 Å². The summed E-state index contributed by atoms with van der Waals surface area (Å²) >= 11 is 1.48. The van der Waals surface area contributed by atoms with E-state index in [-0.39, 0.29) is 23.8 Å². The zero-order chi connectivity index (χ0) is 21.3. The van der Waals surface area contributed by atoms with Crippen LogP contribution in [0.5, 0.6) is 0 Å². The normalized spacial score (nSPS) is 11.0. The molecule has 0 fully saturated rings. The van der Waals surface area contributed by atoms with Crippen LogP contribution in [-0.2, 0) is 17.8 Å². The number of benzene rings is 2. The fourth-order valence-electron chi connectivity index (χ4n) is 3.08. The molecule has 0 saturated heterocycles. The molecule has 1 amide bonds. The van der Waals surface area contributed by atoms with Crippen LogP contribution >= 0.6 is 11.3 Å². The van der Waals surface area contributed by atoms with Gasteiger partial charge in [-0.2, -0.15) is 0 Å². The van der Waals surface area contributed by atoms with Gasteiger partial charge in [-0.15, -0.1) is 0 Å². The molecular formula is C21H17FN4O3S. The van der Waals surface area contributed by atoms with E-state index in [0.717, 1.165) is 26.8 Å². The summed E-state index contributed by atoms with van der Waals surface area (Å²) in [5.41, 5.74) is 3.28. The molecule has 7 nitrogen and oxygen atoms in total. The van der Waals surface area contributed by atoms with Crippen molar-refractivity contribution < 1.29 is 14.1 Å². The lowest BCUT2D eigenvalue weighted by atomic mass is 10.1. The van der Waals surface area contributed by atoms with Crippen LogP contribution in [0.15, 0.2) is 54.7 Å². The highest BCUT2D eigenvalue weighted by atomic mass is 32.1. The lowest BCUT2D eigenvalue weighted by Crippen LogP contribution is -2.24. The van der Waals surface area contributed by atoms with E-state index in [1.54, 1.807) is 24.3 Å². The molecule has 4 rings (SSSR count). The van der Waals surface area contributed by atoms with E-state index in [9.17, 15) is 19.3 Å². The van der Waals surface area contributed by atoms with Gasteiger partial charge in [-0.05, 0) is 36.8 Å². The van der Waals surface area contributed by atoms with Gasteiger partial charge >= 0.3 is 0 Å². The topological polar surface area (TPSA) is 89.5 Å². The zero-order valence-electron chi connectivity index (χ0n) is 16.0. The van der Waals surface area contributed by atoms with Crippen LogP contribution < -0.4 is 5.32 Å². The first-order valence-electron chi connectivity index (χ1n) is 9.14. The molecule has 0 aliphatic carbocycles. The van der Waals surface area contributed by atoms with Crippen molar-refractivity contribution in [3.63, 3.8) is 0 Å². The minimum absolute atomic E-state index is 0.00304. The van der Waals surface area contributed by atoms with Gasteiger partial charge in [-0.1, -0.05) is 23.5 Å². The molecular weight excluding hydrogens is 407 g/mol. The summed E-state index contributed by atoms with van der Waals surface area (Å²) in [5.74, 6) is -0.455. The van der Waals surface area contributed by atoms with Gasteiger partial charge in [0.15, 0.2) is 4.96 Å². The van der Waals surface area contributed by atoms with E-state index < -0.39 is 4.92 Å². The molecule has 0 atom stereocenters. The lowest BCUT2D eigenvalue weighted by molar-refractivity contribution is -0.384. The predicted molar refractivity (Wildman–Crippen MR) is 112 cm³/mol. The molecule has 0 unspecified atom stereocenters. The van der Waals surface area contributed by atoms with E-state index in [1.807, 2.05) is 17.5 Å². The molecule has 0 radical (unpaired) electrons. The molecule has 9 heteroatoms. The summed E-state index contributed by atoms with van der Waals surface area (Å²) in [7, 11) is 0. The molecule has 30 heavy (non-hydrogen) atoms. The van der Waals surface area contributed by atoms with Crippen molar-refractivity contribution in [2.75, 3.05) is 0 Å². The number of imidazole rings is 1. The van der Waals surface area contributed by atoms with Crippen LogP contribution in [0.1, 0.15) is 16.1 Å². The van der Waals surface area contributed by atoms with Crippen molar-refractivity contribution in [1.82, 2.24) is 14.7 Å². The Morgan fingerprint density at radius 2 is 1.90 bits per heavy atom. The third-order valence-corrected chi connectivity index (χ3v) is 5.91. The van der Waals surface area contributed by atoms with Crippen molar-refractivity contribution in [2.24, 2.45) is 0 Å². The lowest BCUT2D eigenvalue weighted by Gasteiger charge is -2.05. The number of hydrogen-bond acceptors (Lipinski definition) is 5. The Bertz CT molecular complexity index is 1230. The Balaban J connectivity index is 1.42. The number of fused-ring (bicyclic) bond motifs is 1. The summed E-state index contributed by atoms with van der Waals surface area (Å²) < 4.78 is 15.1. The van der Waals surface area contributed by atoms with Crippen molar-refractivity contribution in [2.45, 2.75) is 19.9 Å². The number of aryl methyl sites for hydroxylation is 1. The number of aromatic nitrogens is 2. The van der Waals surface area contributed by atoms with Gasteiger partial charge in [0, 0.05) is 34.5 Å². The number of nitro benzene ring substituents is 1. The fraction of sp³-hybridized carbons (Fsp3) is 0.143. The molecule has 0 aliphatic heterocycles. The van der Waals surface area contributed by atoms with Crippen LogP contribution in [0.4, 0.5) is 10.1 Å². The molecule has 2 heterocycles. The molecule has 0 saturated carbocycles. The standard InChI is InChI=1S/C21H17FN4O3S/c1-13-19(11-23-20(27)10-14-2-8-17(9-3-14)26(28)29)30-21-24-18(12-25(13)21)15-4-6-16(22)7-5-15/h2-9,12H,10-11H2,1H3,(H,23,27). The van der Waals surface area contributed by atoms with Gasteiger partial charge in [-0.3, -0.25) is 19.3 Å². The van der Waals surface area contributed by atoms with E-state index in [0.29, 0.717) is 12.1 Å². The Kier molecular flexibility index (Phi) is 5.28. The maximum absolute atomic E-state index is 13.1. The number of thiazole rings is 1. The predicted octanol–water partition coefficient (Wildman–Crippen LogP) is 4.28. The van der Waals surface area contributed by atoms with Crippen molar-refractivity contribution in [3.8, 4) is 11.3 Å². The summed E-state index contributed by atoms with van der Waals surface area (Å²) in [6, 6.07) is 12.1. The first kappa shape index (κ1) is 19.7. The minimum Gasteiger partial charge on any atom is -0.351 e. The molecule has 1 N–H and O–H groups in total.